The van der Waals surface area contributed by atoms with Crippen LogP contribution in [0.25, 0.3) is 12.3 Å². The molecule has 0 atom stereocenters. The Hall–Kier alpha value is -1.37. The van der Waals surface area contributed by atoms with Gasteiger partial charge in [0.05, 0.1) is 0 Å². The molecular formula is C10H14N2O3S. The summed E-state index contributed by atoms with van der Waals surface area (Å²) >= 11 is 0. The standard InChI is InChI=1S/C10H14N2O3S/c1-7-5-4-6-9(16(13,14)15)10(7)8(2)12-11-3/h4-6,11-12H,1H2,2-3H3,(H,13,14,15)/b10-8-. The molecule has 1 aromatic carbocycles. The summed E-state index contributed by atoms with van der Waals surface area (Å²) in [6.07, 6.45) is 0. The number of hydrogen-bond donors (Lipinski definition) is 3. The number of nitrogens with one attached hydrogen (secondary N) is 2. The maximum Gasteiger partial charge on any atom is 0.295 e. The van der Waals surface area contributed by atoms with E-state index in [9.17, 15) is 8.42 Å². The van der Waals surface area contributed by atoms with E-state index in [-0.39, 0.29) is 4.90 Å². The molecule has 0 aromatic heterocycles. The van der Waals surface area contributed by atoms with Crippen LogP contribution in [0.4, 0.5) is 0 Å². The van der Waals surface area contributed by atoms with Crippen LogP contribution in [0.3, 0.4) is 0 Å². The number of hydrogen-bond acceptors (Lipinski definition) is 4. The lowest BCUT2D eigenvalue weighted by Crippen LogP contribution is -2.37. The van der Waals surface area contributed by atoms with E-state index in [2.05, 4.69) is 17.4 Å². The van der Waals surface area contributed by atoms with Crippen LogP contribution in [-0.2, 0) is 10.1 Å². The Morgan fingerprint density at radius 1 is 1.44 bits per heavy atom. The highest BCUT2D eigenvalue weighted by Gasteiger charge is 2.12. The van der Waals surface area contributed by atoms with Gasteiger partial charge in [0.2, 0.25) is 0 Å². The predicted octanol–water partition coefficient (Wildman–Crippen LogP) is -0.804. The molecule has 0 amide bonds. The zero-order chi connectivity index (χ0) is 12.3. The van der Waals surface area contributed by atoms with Crippen molar-refractivity contribution in [3.8, 4) is 0 Å². The average molecular weight is 242 g/mol. The number of hydrazine groups is 1. The van der Waals surface area contributed by atoms with Gasteiger partial charge in [0.15, 0.2) is 0 Å². The molecular weight excluding hydrogens is 228 g/mol. The van der Waals surface area contributed by atoms with Crippen LogP contribution >= 0.6 is 0 Å². The first-order chi connectivity index (χ1) is 7.38. The molecule has 0 heterocycles. The summed E-state index contributed by atoms with van der Waals surface area (Å²) in [4.78, 5) is -0.153. The molecule has 6 heteroatoms. The molecule has 0 fully saturated rings. The Bertz CT molecular complexity index is 593. The average Bonchev–Trinajstić information content (AvgIpc) is 2.16. The summed E-state index contributed by atoms with van der Waals surface area (Å²) in [6.45, 7) is 5.42. The maximum atomic E-state index is 11.2. The fourth-order valence-electron chi connectivity index (χ4n) is 1.47. The summed E-state index contributed by atoms with van der Waals surface area (Å²) in [5.41, 5.74) is 6.02. The summed E-state index contributed by atoms with van der Waals surface area (Å²) in [5, 5.41) is 0.898. The third-order valence-electron chi connectivity index (χ3n) is 2.08. The first-order valence-electron chi connectivity index (χ1n) is 4.57. The highest BCUT2D eigenvalue weighted by Crippen LogP contribution is 2.00. The second-order valence-corrected chi connectivity index (χ2v) is 4.66. The molecule has 16 heavy (non-hydrogen) atoms. The Morgan fingerprint density at radius 3 is 2.56 bits per heavy atom. The van der Waals surface area contributed by atoms with E-state index in [0.29, 0.717) is 16.1 Å². The van der Waals surface area contributed by atoms with Gasteiger partial charge in [-0.25, -0.2) is 5.43 Å². The summed E-state index contributed by atoms with van der Waals surface area (Å²) in [7, 11) is -2.59. The highest BCUT2D eigenvalue weighted by atomic mass is 32.2. The Morgan fingerprint density at radius 2 is 2.06 bits per heavy atom. The van der Waals surface area contributed by atoms with E-state index in [0.717, 1.165) is 0 Å². The molecule has 0 saturated carbocycles. The molecule has 3 N–H and O–H groups in total. The maximum absolute atomic E-state index is 11.2. The predicted molar refractivity (Wildman–Crippen MR) is 62.3 cm³/mol. The van der Waals surface area contributed by atoms with E-state index in [1.165, 1.54) is 12.1 Å². The second-order valence-electron chi connectivity index (χ2n) is 3.27. The van der Waals surface area contributed by atoms with Crippen LogP contribution in [0, 0.1) is 0 Å². The van der Waals surface area contributed by atoms with Gasteiger partial charge in [0.25, 0.3) is 10.1 Å². The van der Waals surface area contributed by atoms with E-state index >= 15 is 0 Å². The van der Waals surface area contributed by atoms with Gasteiger partial charge in [-0.05, 0) is 18.2 Å². The Labute approximate surface area is 94.2 Å². The molecule has 5 nitrogen and oxygen atoms in total. The van der Waals surface area contributed by atoms with E-state index in [1.54, 1.807) is 20.0 Å². The molecule has 0 aliphatic carbocycles. The highest BCUT2D eigenvalue weighted by molar-refractivity contribution is 7.85. The minimum Gasteiger partial charge on any atom is -0.325 e. The molecule has 0 radical (unpaired) electrons. The van der Waals surface area contributed by atoms with Crippen LogP contribution in [0.2, 0.25) is 0 Å². The lowest BCUT2D eigenvalue weighted by molar-refractivity contribution is 0.482. The lowest BCUT2D eigenvalue weighted by Gasteiger charge is -2.06. The smallest absolute Gasteiger partial charge is 0.295 e. The summed E-state index contributed by atoms with van der Waals surface area (Å²) in [6, 6.07) is 4.53. The van der Waals surface area contributed by atoms with Gasteiger partial charge in [-0.15, -0.1) is 0 Å². The zero-order valence-corrected chi connectivity index (χ0v) is 9.93. The molecule has 1 aromatic rings. The van der Waals surface area contributed by atoms with Gasteiger partial charge in [-0.2, -0.15) is 8.42 Å². The van der Waals surface area contributed by atoms with Crippen molar-refractivity contribution in [2.24, 2.45) is 0 Å². The Kier molecular flexibility index (Phi) is 3.69. The fourth-order valence-corrected chi connectivity index (χ4v) is 2.26. The number of benzene rings is 1. The summed E-state index contributed by atoms with van der Waals surface area (Å²) in [5.74, 6) is 0. The van der Waals surface area contributed by atoms with Crippen molar-refractivity contribution in [1.82, 2.24) is 10.9 Å². The van der Waals surface area contributed by atoms with Gasteiger partial charge in [-0.3, -0.25) is 4.55 Å². The monoisotopic (exact) mass is 242 g/mol. The largest absolute Gasteiger partial charge is 0.325 e. The summed E-state index contributed by atoms with van der Waals surface area (Å²) < 4.78 is 31.5. The molecule has 0 saturated heterocycles. The van der Waals surface area contributed by atoms with Crippen molar-refractivity contribution < 1.29 is 13.0 Å². The van der Waals surface area contributed by atoms with E-state index < -0.39 is 10.1 Å². The molecule has 0 aliphatic heterocycles. The van der Waals surface area contributed by atoms with Crippen molar-refractivity contribution in [3.63, 3.8) is 0 Å². The lowest BCUT2D eigenvalue weighted by atomic mass is 10.2. The quantitative estimate of drug-likeness (QED) is 0.477. The van der Waals surface area contributed by atoms with Gasteiger partial charge in [0, 0.05) is 18.0 Å². The topological polar surface area (TPSA) is 78.4 Å². The first-order valence-corrected chi connectivity index (χ1v) is 6.01. The molecule has 88 valence electrons. The molecule has 0 bridgehead atoms. The van der Waals surface area contributed by atoms with Crippen LogP contribution in [0.5, 0.6) is 0 Å². The van der Waals surface area contributed by atoms with Crippen LogP contribution in [0.15, 0.2) is 23.1 Å². The van der Waals surface area contributed by atoms with Crippen molar-refractivity contribution in [2.45, 2.75) is 11.8 Å². The first kappa shape index (κ1) is 12.7. The third kappa shape index (κ3) is 2.60. The van der Waals surface area contributed by atoms with Crippen molar-refractivity contribution >= 4 is 22.4 Å². The normalized spacial score (nSPS) is 13.4. The van der Waals surface area contributed by atoms with E-state index in [1.807, 2.05) is 0 Å². The molecule has 0 unspecified atom stereocenters. The van der Waals surface area contributed by atoms with E-state index in [4.69, 9.17) is 4.55 Å². The van der Waals surface area contributed by atoms with Crippen molar-refractivity contribution in [2.75, 3.05) is 7.05 Å². The molecule has 1 rings (SSSR count). The van der Waals surface area contributed by atoms with Crippen molar-refractivity contribution in [1.29, 1.82) is 0 Å². The van der Waals surface area contributed by atoms with Gasteiger partial charge in [0.1, 0.15) is 4.90 Å². The van der Waals surface area contributed by atoms with Gasteiger partial charge >= 0.3 is 0 Å². The Balaban J connectivity index is 3.74. The second kappa shape index (κ2) is 4.65. The van der Waals surface area contributed by atoms with Gasteiger partial charge in [-0.1, -0.05) is 18.7 Å². The fraction of sp³-hybridized carbons (Fsp3) is 0.200. The SMILES string of the molecule is C=c1cccc(S(=O)(=O)O)/c1=C(/C)NNC. The number of rotatable bonds is 3. The van der Waals surface area contributed by atoms with Crippen LogP contribution < -0.4 is 21.3 Å². The molecule has 0 spiro atoms. The van der Waals surface area contributed by atoms with Crippen molar-refractivity contribution in [3.05, 3.63) is 28.6 Å². The van der Waals surface area contributed by atoms with Gasteiger partial charge < -0.3 is 5.43 Å². The zero-order valence-electron chi connectivity index (χ0n) is 9.11. The molecule has 0 aliphatic rings. The minimum absolute atomic E-state index is 0.153. The van der Waals surface area contributed by atoms with Crippen LogP contribution in [-0.4, -0.2) is 20.0 Å². The third-order valence-corrected chi connectivity index (χ3v) is 2.97. The minimum atomic E-state index is -4.25. The van der Waals surface area contributed by atoms with Crippen LogP contribution in [0.1, 0.15) is 6.92 Å².